The molecule has 1 saturated heterocycles. The normalized spacial score (nSPS) is 13.8. The second kappa shape index (κ2) is 9.30. The van der Waals surface area contributed by atoms with Crippen molar-refractivity contribution >= 4 is 22.9 Å². The lowest BCUT2D eigenvalue weighted by Gasteiger charge is -2.35. The molecule has 34 heavy (non-hydrogen) atoms. The van der Waals surface area contributed by atoms with Crippen LogP contribution in [0.2, 0.25) is 0 Å². The van der Waals surface area contributed by atoms with E-state index in [1.807, 2.05) is 17.0 Å². The van der Waals surface area contributed by atoms with E-state index in [0.717, 1.165) is 0 Å². The number of aromatic nitrogens is 5. The van der Waals surface area contributed by atoms with Crippen LogP contribution in [-0.4, -0.2) is 75.7 Å². The maximum Gasteiger partial charge on any atom is 0.260 e. The Hall–Kier alpha value is -4.28. The summed E-state index contributed by atoms with van der Waals surface area (Å²) >= 11 is 0. The number of hydrogen-bond acceptors (Lipinski definition) is 8. The van der Waals surface area contributed by atoms with Crippen molar-refractivity contribution in [3.63, 3.8) is 0 Å². The first-order chi connectivity index (χ1) is 16.6. The van der Waals surface area contributed by atoms with Crippen LogP contribution in [0.15, 0.2) is 54.9 Å². The molecule has 1 aliphatic heterocycles. The monoisotopic (exact) mass is 463 g/mol. The number of carbonyl (C=O) groups excluding carboxylic acids is 1. The van der Waals surface area contributed by atoms with Crippen molar-refractivity contribution in [3.8, 4) is 17.2 Å². The van der Waals surface area contributed by atoms with E-state index in [2.05, 4.69) is 20.3 Å². The van der Waals surface area contributed by atoms with Gasteiger partial charge in [0.2, 0.25) is 0 Å². The highest BCUT2D eigenvalue weighted by atomic mass is 19.1. The van der Waals surface area contributed by atoms with Gasteiger partial charge in [-0.15, -0.1) is 5.10 Å². The molecular weight excluding hydrogens is 441 g/mol. The van der Waals surface area contributed by atoms with E-state index < -0.39 is 0 Å². The van der Waals surface area contributed by atoms with Crippen molar-refractivity contribution in [1.29, 1.82) is 0 Å². The maximum absolute atomic E-state index is 13.7. The molecule has 1 amide bonds. The number of nitrogens with zero attached hydrogens (tertiary/aromatic N) is 7. The molecule has 2 aromatic heterocycles. The minimum Gasteiger partial charge on any atom is -0.493 e. The third kappa shape index (κ3) is 4.19. The first kappa shape index (κ1) is 21.6. The maximum atomic E-state index is 13.7. The molecule has 0 radical (unpaired) electrons. The van der Waals surface area contributed by atoms with E-state index in [0.29, 0.717) is 60.3 Å². The molecule has 0 N–H and O–H groups in total. The van der Waals surface area contributed by atoms with Crippen LogP contribution in [-0.2, 0) is 4.79 Å². The Morgan fingerprint density at radius 3 is 2.59 bits per heavy atom. The fourth-order valence-electron chi connectivity index (χ4n) is 3.89. The van der Waals surface area contributed by atoms with Crippen LogP contribution >= 0.6 is 0 Å². The average Bonchev–Trinajstić information content (AvgIpc) is 3.32. The lowest BCUT2D eigenvalue weighted by Crippen LogP contribution is -2.50. The summed E-state index contributed by atoms with van der Waals surface area (Å²) in [7, 11) is 1.56. The topological polar surface area (TPSA) is 98.5 Å². The van der Waals surface area contributed by atoms with E-state index in [4.69, 9.17) is 9.47 Å². The second-order valence-electron chi connectivity index (χ2n) is 7.66. The number of amides is 1. The molecule has 1 fully saturated rings. The molecule has 1 aliphatic rings. The molecule has 0 spiro atoms. The third-order valence-electron chi connectivity index (χ3n) is 5.62. The largest absolute Gasteiger partial charge is 0.493 e. The van der Waals surface area contributed by atoms with Crippen molar-refractivity contribution < 1.29 is 18.7 Å². The van der Waals surface area contributed by atoms with Crippen molar-refractivity contribution in [3.05, 3.63) is 60.7 Å². The molecular formula is C23H22FN7O3. The zero-order valence-corrected chi connectivity index (χ0v) is 18.5. The first-order valence-electron chi connectivity index (χ1n) is 10.7. The lowest BCUT2D eigenvalue weighted by molar-refractivity contribution is -0.133. The molecule has 0 unspecified atom stereocenters. The smallest absolute Gasteiger partial charge is 0.260 e. The van der Waals surface area contributed by atoms with Gasteiger partial charge in [-0.1, -0.05) is 23.4 Å². The number of halogens is 1. The minimum absolute atomic E-state index is 0.0694. The van der Waals surface area contributed by atoms with Crippen molar-refractivity contribution in [2.75, 3.05) is 44.8 Å². The number of ether oxygens (including phenoxy) is 2. The number of rotatable bonds is 6. The van der Waals surface area contributed by atoms with Crippen LogP contribution in [0.4, 0.5) is 10.2 Å². The minimum atomic E-state index is -0.370. The summed E-state index contributed by atoms with van der Waals surface area (Å²) in [5.41, 5.74) is 1.53. The number of benzene rings is 2. The van der Waals surface area contributed by atoms with Gasteiger partial charge in [0.05, 0.1) is 12.8 Å². The lowest BCUT2D eigenvalue weighted by atomic mass is 10.3. The number of fused-ring (bicyclic) bond motifs is 1. The summed E-state index contributed by atoms with van der Waals surface area (Å²) in [6, 6.07) is 13.3. The first-order valence-corrected chi connectivity index (χ1v) is 10.7. The molecule has 0 saturated carbocycles. The van der Waals surface area contributed by atoms with Gasteiger partial charge in [-0.05, 0) is 30.3 Å². The van der Waals surface area contributed by atoms with E-state index in [1.165, 1.54) is 23.1 Å². The molecule has 0 bridgehead atoms. The Morgan fingerprint density at radius 1 is 1.03 bits per heavy atom. The summed E-state index contributed by atoms with van der Waals surface area (Å²) in [6.45, 7) is 2.09. The molecule has 4 aromatic rings. The van der Waals surface area contributed by atoms with Crippen LogP contribution in [0.1, 0.15) is 0 Å². The standard InChI is InChI=1S/C23H22FN7O3/c1-33-18-7-2-3-8-19(18)34-14-20(32)29-9-11-30(12-10-29)22-21-23(26-15-25-22)31(28-27-21)17-6-4-5-16(24)13-17/h2-8,13,15H,9-12,14H2,1H3. The summed E-state index contributed by atoms with van der Waals surface area (Å²) in [4.78, 5) is 25.2. The molecule has 2 aromatic carbocycles. The van der Waals surface area contributed by atoms with E-state index >= 15 is 0 Å². The Morgan fingerprint density at radius 2 is 1.82 bits per heavy atom. The van der Waals surface area contributed by atoms with Crippen LogP contribution in [0, 0.1) is 5.82 Å². The number of piperazine rings is 1. The number of carbonyl (C=O) groups is 1. The summed E-state index contributed by atoms with van der Waals surface area (Å²) < 4.78 is 26.1. The number of hydrogen-bond donors (Lipinski definition) is 0. The molecule has 10 nitrogen and oxygen atoms in total. The predicted octanol–water partition coefficient (Wildman–Crippen LogP) is 2.09. The van der Waals surface area contributed by atoms with E-state index in [1.54, 1.807) is 36.3 Å². The summed E-state index contributed by atoms with van der Waals surface area (Å²) in [5.74, 6) is 1.27. The van der Waals surface area contributed by atoms with Gasteiger partial charge in [0.25, 0.3) is 5.91 Å². The molecule has 174 valence electrons. The predicted molar refractivity (Wildman–Crippen MR) is 122 cm³/mol. The number of para-hydroxylation sites is 2. The van der Waals surface area contributed by atoms with Crippen molar-refractivity contribution in [2.24, 2.45) is 0 Å². The van der Waals surface area contributed by atoms with Gasteiger partial charge >= 0.3 is 0 Å². The van der Waals surface area contributed by atoms with Crippen molar-refractivity contribution in [1.82, 2.24) is 29.9 Å². The summed E-state index contributed by atoms with van der Waals surface area (Å²) in [5, 5.41) is 8.40. The van der Waals surface area contributed by atoms with Gasteiger partial charge < -0.3 is 19.3 Å². The van der Waals surface area contributed by atoms with Crippen molar-refractivity contribution in [2.45, 2.75) is 0 Å². The van der Waals surface area contributed by atoms with E-state index in [9.17, 15) is 9.18 Å². The molecule has 5 rings (SSSR count). The van der Waals surface area contributed by atoms with Gasteiger partial charge in [-0.3, -0.25) is 4.79 Å². The van der Waals surface area contributed by atoms with Gasteiger partial charge in [0, 0.05) is 26.2 Å². The highest BCUT2D eigenvalue weighted by Crippen LogP contribution is 2.26. The highest BCUT2D eigenvalue weighted by Gasteiger charge is 2.25. The van der Waals surface area contributed by atoms with Gasteiger partial charge in [0.15, 0.2) is 35.1 Å². The molecule has 3 heterocycles. The van der Waals surface area contributed by atoms with Crippen LogP contribution < -0.4 is 14.4 Å². The fourth-order valence-corrected chi connectivity index (χ4v) is 3.89. The number of anilines is 1. The fraction of sp³-hybridized carbons (Fsp3) is 0.261. The zero-order chi connectivity index (χ0) is 23.5. The Bertz CT molecular complexity index is 1320. The third-order valence-corrected chi connectivity index (χ3v) is 5.62. The molecule has 0 atom stereocenters. The Labute approximate surface area is 194 Å². The Balaban J connectivity index is 1.26. The van der Waals surface area contributed by atoms with E-state index in [-0.39, 0.29) is 18.3 Å². The summed E-state index contributed by atoms with van der Waals surface area (Å²) in [6.07, 6.45) is 1.44. The van der Waals surface area contributed by atoms with Gasteiger partial charge in [-0.25, -0.2) is 14.4 Å². The average molecular weight is 463 g/mol. The second-order valence-corrected chi connectivity index (χ2v) is 7.66. The van der Waals surface area contributed by atoms with Crippen LogP contribution in [0.25, 0.3) is 16.9 Å². The number of methoxy groups -OCH3 is 1. The van der Waals surface area contributed by atoms with Crippen LogP contribution in [0.3, 0.4) is 0 Å². The zero-order valence-electron chi connectivity index (χ0n) is 18.5. The quantitative estimate of drug-likeness (QED) is 0.429. The van der Waals surface area contributed by atoms with Crippen LogP contribution in [0.5, 0.6) is 11.5 Å². The molecule has 0 aliphatic carbocycles. The Kier molecular flexibility index (Phi) is 5.90. The molecule has 11 heteroatoms. The SMILES string of the molecule is COc1ccccc1OCC(=O)N1CCN(c2ncnc3c2nnn3-c2cccc(F)c2)CC1. The van der Waals surface area contributed by atoms with Gasteiger partial charge in [0.1, 0.15) is 12.1 Å². The van der Waals surface area contributed by atoms with Gasteiger partial charge in [-0.2, -0.15) is 4.68 Å². The highest BCUT2D eigenvalue weighted by molar-refractivity contribution is 5.84.